The Balaban J connectivity index is 1.74. The third-order valence-corrected chi connectivity index (χ3v) is 4.38. The quantitative estimate of drug-likeness (QED) is 0.834. The molecule has 1 fully saturated rings. The summed E-state index contributed by atoms with van der Waals surface area (Å²) in [6.07, 6.45) is 1.64. The van der Waals surface area contributed by atoms with Gasteiger partial charge in [0, 0.05) is 18.3 Å². The second-order valence-electron chi connectivity index (χ2n) is 6.05. The highest BCUT2D eigenvalue weighted by Crippen LogP contribution is 2.22. The predicted octanol–water partition coefficient (Wildman–Crippen LogP) is 1.85. The molecule has 2 aromatic rings. The van der Waals surface area contributed by atoms with E-state index in [4.69, 9.17) is 4.74 Å². The molecule has 0 bridgehead atoms. The van der Waals surface area contributed by atoms with Crippen LogP contribution in [0.15, 0.2) is 48.7 Å². The standard InChI is InChI=1S/C19H21N3O3/c1-14-19(24)21(11-15-7-4-3-5-8-15)13-17(23)22(14)12-16-9-6-10-20-18(16)25-2/h3-10,14H,11-13H2,1-2H3/t14-/m1/s1. The summed E-state index contributed by atoms with van der Waals surface area (Å²) in [5.41, 5.74) is 1.80. The van der Waals surface area contributed by atoms with Crippen LogP contribution in [-0.2, 0) is 22.7 Å². The molecule has 1 saturated heterocycles. The lowest BCUT2D eigenvalue weighted by atomic mass is 10.1. The number of rotatable bonds is 5. The number of nitrogens with zero attached hydrogens (tertiary/aromatic N) is 3. The molecule has 0 saturated carbocycles. The maximum atomic E-state index is 12.7. The molecule has 2 amide bonds. The zero-order valence-electron chi connectivity index (χ0n) is 14.4. The van der Waals surface area contributed by atoms with Crippen molar-refractivity contribution in [3.8, 4) is 5.88 Å². The smallest absolute Gasteiger partial charge is 0.245 e. The molecule has 1 aromatic heterocycles. The average molecular weight is 339 g/mol. The molecule has 6 nitrogen and oxygen atoms in total. The van der Waals surface area contributed by atoms with Gasteiger partial charge in [-0.25, -0.2) is 4.98 Å². The summed E-state index contributed by atoms with van der Waals surface area (Å²) in [6, 6.07) is 12.8. The van der Waals surface area contributed by atoms with E-state index in [-0.39, 0.29) is 18.4 Å². The van der Waals surface area contributed by atoms with E-state index in [0.717, 1.165) is 11.1 Å². The van der Waals surface area contributed by atoms with Crippen molar-refractivity contribution >= 4 is 11.8 Å². The van der Waals surface area contributed by atoms with Crippen LogP contribution >= 0.6 is 0 Å². The van der Waals surface area contributed by atoms with Gasteiger partial charge in [0.1, 0.15) is 12.6 Å². The van der Waals surface area contributed by atoms with Gasteiger partial charge in [0.15, 0.2) is 0 Å². The van der Waals surface area contributed by atoms with Crippen LogP contribution in [0.3, 0.4) is 0 Å². The minimum Gasteiger partial charge on any atom is -0.481 e. The van der Waals surface area contributed by atoms with Crippen molar-refractivity contribution < 1.29 is 14.3 Å². The van der Waals surface area contributed by atoms with Gasteiger partial charge in [-0.2, -0.15) is 0 Å². The molecule has 25 heavy (non-hydrogen) atoms. The van der Waals surface area contributed by atoms with Crippen LogP contribution in [0.25, 0.3) is 0 Å². The Morgan fingerprint density at radius 1 is 1.12 bits per heavy atom. The Kier molecular flexibility index (Phi) is 4.97. The maximum absolute atomic E-state index is 12.7. The average Bonchev–Trinajstić information content (AvgIpc) is 2.64. The summed E-state index contributed by atoms with van der Waals surface area (Å²) < 4.78 is 5.24. The Labute approximate surface area is 147 Å². The van der Waals surface area contributed by atoms with Gasteiger partial charge in [0.25, 0.3) is 0 Å². The fourth-order valence-electron chi connectivity index (χ4n) is 3.02. The van der Waals surface area contributed by atoms with Crippen molar-refractivity contribution in [2.75, 3.05) is 13.7 Å². The molecule has 3 rings (SSSR count). The SMILES string of the molecule is COc1ncccc1CN1C(=O)CN(Cc2ccccc2)C(=O)[C@H]1C. The molecule has 0 unspecified atom stereocenters. The Morgan fingerprint density at radius 2 is 1.88 bits per heavy atom. The van der Waals surface area contributed by atoms with Gasteiger partial charge in [-0.1, -0.05) is 36.4 Å². The Bertz CT molecular complexity index is 764. The van der Waals surface area contributed by atoms with E-state index < -0.39 is 6.04 Å². The van der Waals surface area contributed by atoms with E-state index in [9.17, 15) is 9.59 Å². The molecular formula is C19H21N3O3. The highest BCUT2D eigenvalue weighted by atomic mass is 16.5. The fourth-order valence-corrected chi connectivity index (χ4v) is 3.02. The lowest BCUT2D eigenvalue weighted by Crippen LogP contribution is -2.58. The van der Waals surface area contributed by atoms with Gasteiger partial charge < -0.3 is 14.5 Å². The number of ether oxygens (including phenoxy) is 1. The van der Waals surface area contributed by atoms with Gasteiger partial charge in [-0.05, 0) is 18.6 Å². The maximum Gasteiger partial charge on any atom is 0.245 e. The number of benzene rings is 1. The minimum atomic E-state index is -0.519. The Morgan fingerprint density at radius 3 is 2.60 bits per heavy atom. The number of pyridine rings is 1. The van der Waals surface area contributed by atoms with E-state index in [1.807, 2.05) is 36.4 Å². The molecule has 2 heterocycles. The van der Waals surface area contributed by atoms with Crippen LogP contribution in [0.5, 0.6) is 5.88 Å². The predicted molar refractivity (Wildman–Crippen MR) is 92.7 cm³/mol. The first-order valence-electron chi connectivity index (χ1n) is 8.20. The van der Waals surface area contributed by atoms with E-state index >= 15 is 0 Å². The van der Waals surface area contributed by atoms with E-state index in [0.29, 0.717) is 19.0 Å². The van der Waals surface area contributed by atoms with Crippen LogP contribution in [0.1, 0.15) is 18.1 Å². The fraction of sp³-hybridized carbons (Fsp3) is 0.316. The van der Waals surface area contributed by atoms with Gasteiger partial charge in [0.05, 0.1) is 13.7 Å². The van der Waals surface area contributed by atoms with Crippen LogP contribution < -0.4 is 4.74 Å². The van der Waals surface area contributed by atoms with Crippen molar-refractivity contribution in [3.63, 3.8) is 0 Å². The summed E-state index contributed by atoms with van der Waals surface area (Å²) in [6.45, 7) is 2.60. The summed E-state index contributed by atoms with van der Waals surface area (Å²) in [5, 5.41) is 0. The van der Waals surface area contributed by atoms with Crippen molar-refractivity contribution in [3.05, 3.63) is 59.8 Å². The number of aromatic nitrogens is 1. The molecule has 0 spiro atoms. The van der Waals surface area contributed by atoms with Crippen molar-refractivity contribution in [1.82, 2.24) is 14.8 Å². The molecule has 6 heteroatoms. The molecule has 1 atom stereocenters. The second-order valence-corrected chi connectivity index (χ2v) is 6.05. The number of amides is 2. The first-order chi connectivity index (χ1) is 12.1. The molecule has 0 N–H and O–H groups in total. The third-order valence-electron chi connectivity index (χ3n) is 4.38. The van der Waals surface area contributed by atoms with Crippen molar-refractivity contribution in [2.45, 2.75) is 26.1 Å². The molecule has 1 aliphatic heterocycles. The lowest BCUT2D eigenvalue weighted by Gasteiger charge is -2.38. The second kappa shape index (κ2) is 7.34. The zero-order valence-corrected chi connectivity index (χ0v) is 14.4. The molecule has 130 valence electrons. The van der Waals surface area contributed by atoms with E-state index in [1.165, 1.54) is 0 Å². The first kappa shape index (κ1) is 17.0. The summed E-state index contributed by atoms with van der Waals surface area (Å²) >= 11 is 0. The molecule has 1 aliphatic rings. The van der Waals surface area contributed by atoms with E-state index in [1.54, 1.807) is 36.1 Å². The number of carbonyl (C=O) groups is 2. The third kappa shape index (κ3) is 3.63. The van der Waals surface area contributed by atoms with Crippen LogP contribution in [-0.4, -0.2) is 46.3 Å². The van der Waals surface area contributed by atoms with E-state index in [2.05, 4.69) is 4.98 Å². The van der Waals surface area contributed by atoms with Gasteiger partial charge in [0.2, 0.25) is 17.7 Å². The molecular weight excluding hydrogens is 318 g/mol. The zero-order chi connectivity index (χ0) is 17.8. The summed E-state index contributed by atoms with van der Waals surface area (Å²) in [7, 11) is 1.54. The van der Waals surface area contributed by atoms with Crippen molar-refractivity contribution in [2.24, 2.45) is 0 Å². The minimum absolute atomic E-state index is 0.0497. The van der Waals surface area contributed by atoms with Crippen LogP contribution in [0.2, 0.25) is 0 Å². The van der Waals surface area contributed by atoms with Gasteiger partial charge in [-0.15, -0.1) is 0 Å². The number of methoxy groups -OCH3 is 1. The van der Waals surface area contributed by atoms with Gasteiger partial charge >= 0.3 is 0 Å². The Hall–Kier alpha value is -2.89. The molecule has 0 aliphatic carbocycles. The summed E-state index contributed by atoms with van der Waals surface area (Å²) in [5.74, 6) is 0.349. The van der Waals surface area contributed by atoms with Crippen molar-refractivity contribution in [1.29, 1.82) is 0 Å². The molecule has 0 radical (unpaired) electrons. The summed E-state index contributed by atoms with van der Waals surface area (Å²) in [4.78, 5) is 32.7. The highest BCUT2D eigenvalue weighted by Gasteiger charge is 2.36. The monoisotopic (exact) mass is 339 g/mol. The molecule has 1 aromatic carbocycles. The van der Waals surface area contributed by atoms with Crippen LogP contribution in [0, 0.1) is 0 Å². The topological polar surface area (TPSA) is 62.7 Å². The van der Waals surface area contributed by atoms with Crippen LogP contribution in [0.4, 0.5) is 0 Å². The lowest BCUT2D eigenvalue weighted by molar-refractivity contribution is -0.156. The number of piperazine rings is 1. The first-order valence-corrected chi connectivity index (χ1v) is 8.20. The normalized spacial score (nSPS) is 17.8. The highest BCUT2D eigenvalue weighted by molar-refractivity contribution is 5.94. The largest absolute Gasteiger partial charge is 0.481 e. The number of hydrogen-bond acceptors (Lipinski definition) is 4. The van der Waals surface area contributed by atoms with Gasteiger partial charge in [-0.3, -0.25) is 9.59 Å². The number of carbonyl (C=O) groups excluding carboxylic acids is 2. The number of hydrogen-bond donors (Lipinski definition) is 0.